The van der Waals surface area contributed by atoms with E-state index >= 15 is 8.78 Å². The van der Waals surface area contributed by atoms with E-state index in [-0.39, 0.29) is 23.5 Å². The molecule has 1 unspecified atom stereocenters. The van der Waals surface area contributed by atoms with Crippen molar-refractivity contribution in [3.05, 3.63) is 122 Å². The Labute approximate surface area is 284 Å². The molecule has 1 saturated carbocycles. The summed E-state index contributed by atoms with van der Waals surface area (Å²) < 4.78 is 32.6. The van der Waals surface area contributed by atoms with Gasteiger partial charge in [-0.15, -0.1) is 11.3 Å². The second-order valence-electron chi connectivity index (χ2n) is 12.1. The number of hydroxylamine groups is 1. The molecule has 256 valence electrons. The van der Waals surface area contributed by atoms with Crippen LogP contribution in [0.1, 0.15) is 61.4 Å². The van der Waals surface area contributed by atoms with Gasteiger partial charge in [0, 0.05) is 34.8 Å². The summed E-state index contributed by atoms with van der Waals surface area (Å²) in [5.41, 5.74) is 3.66. The minimum atomic E-state index is -0.797. The molecule has 1 fully saturated rings. The Morgan fingerprint density at radius 1 is 0.959 bits per heavy atom. The predicted octanol–water partition coefficient (Wildman–Crippen LogP) is 6.23. The van der Waals surface area contributed by atoms with E-state index in [9.17, 15) is 19.5 Å². The number of amides is 2. The third-order valence-electron chi connectivity index (χ3n) is 9.00. The average molecular weight is 690 g/mol. The molecular weight excluding hydrogens is 652 g/mol. The molecule has 6 rings (SSSR count). The molecule has 10 nitrogen and oxygen atoms in total. The van der Waals surface area contributed by atoms with Crippen LogP contribution >= 0.6 is 11.3 Å². The molecule has 1 aliphatic carbocycles. The molecule has 0 saturated heterocycles. The normalized spacial score (nSPS) is 16.8. The minimum absolute atomic E-state index is 0.102. The van der Waals surface area contributed by atoms with E-state index in [1.165, 1.54) is 33.6 Å². The van der Waals surface area contributed by atoms with E-state index in [1.54, 1.807) is 24.3 Å². The summed E-state index contributed by atoms with van der Waals surface area (Å²) in [5, 5.41) is 16.7. The second kappa shape index (κ2) is 14.8. The van der Waals surface area contributed by atoms with Crippen molar-refractivity contribution < 1.29 is 23.5 Å². The number of hydrogen-bond donors (Lipinski definition) is 4. The van der Waals surface area contributed by atoms with Gasteiger partial charge in [-0.2, -0.15) is 0 Å². The molecule has 0 aliphatic heterocycles. The number of carbonyl (C=O) groups is 1. The largest absolute Gasteiger partial charge is 0.393 e. The third-order valence-corrected chi connectivity index (χ3v) is 10.3. The summed E-state index contributed by atoms with van der Waals surface area (Å²) in [4.78, 5) is 46.5. The number of nitrogens with one attached hydrogen (secondary N) is 3. The van der Waals surface area contributed by atoms with Gasteiger partial charge in [0.25, 0.3) is 5.56 Å². The fraction of sp³-hybridized carbons (Fsp3) is 0.306. The molecule has 1 aliphatic rings. The summed E-state index contributed by atoms with van der Waals surface area (Å²) in [5.74, 6) is -1.59. The quantitative estimate of drug-likeness (QED) is 0.129. The number of anilines is 1. The number of rotatable bonds is 10. The van der Waals surface area contributed by atoms with Crippen LogP contribution in [0.3, 0.4) is 0 Å². The molecule has 5 aromatic rings. The first kappa shape index (κ1) is 34.2. The molecule has 2 amide bonds. The number of aromatic nitrogens is 2. The van der Waals surface area contributed by atoms with E-state index < -0.39 is 47.6 Å². The molecule has 0 spiro atoms. The summed E-state index contributed by atoms with van der Waals surface area (Å²) >= 11 is 1.20. The minimum Gasteiger partial charge on any atom is -0.393 e. The number of aliphatic hydroxyl groups excluding tert-OH is 1. The zero-order valence-electron chi connectivity index (χ0n) is 27.0. The van der Waals surface area contributed by atoms with Gasteiger partial charge in [0.05, 0.1) is 25.1 Å². The second-order valence-corrected chi connectivity index (χ2v) is 13.1. The fourth-order valence-corrected chi connectivity index (χ4v) is 7.69. The highest BCUT2D eigenvalue weighted by Gasteiger charge is 2.29. The number of benzene rings is 3. The lowest BCUT2D eigenvalue weighted by Crippen LogP contribution is -2.43. The van der Waals surface area contributed by atoms with Crippen molar-refractivity contribution >= 4 is 33.3 Å². The third kappa shape index (κ3) is 7.20. The molecular formula is C36H37F2N5O5S. The van der Waals surface area contributed by atoms with E-state index in [4.69, 9.17) is 0 Å². The lowest BCUT2D eigenvalue weighted by Gasteiger charge is -2.27. The van der Waals surface area contributed by atoms with Gasteiger partial charge < -0.3 is 15.7 Å². The van der Waals surface area contributed by atoms with Crippen LogP contribution in [0, 0.1) is 11.6 Å². The topological polar surface area (TPSA) is 127 Å². The Balaban J connectivity index is 1.55. The number of hydrogen-bond acceptors (Lipinski definition) is 7. The molecule has 0 radical (unpaired) electrons. The van der Waals surface area contributed by atoms with Gasteiger partial charge in [-0.25, -0.2) is 23.9 Å². The van der Waals surface area contributed by atoms with Crippen LogP contribution < -0.4 is 27.4 Å². The lowest BCUT2D eigenvalue weighted by atomic mass is 9.93. The number of urea groups is 1. The van der Waals surface area contributed by atoms with Gasteiger partial charge in [0.1, 0.15) is 16.5 Å². The van der Waals surface area contributed by atoms with Gasteiger partial charge >= 0.3 is 11.7 Å². The number of fused-ring (bicyclic) bond motifs is 1. The lowest BCUT2D eigenvalue weighted by molar-refractivity contribution is 0.108. The first-order chi connectivity index (χ1) is 23.7. The summed E-state index contributed by atoms with van der Waals surface area (Å²) in [6, 6.07) is 19.2. The Morgan fingerprint density at radius 3 is 2.29 bits per heavy atom. The van der Waals surface area contributed by atoms with Gasteiger partial charge in [-0.1, -0.05) is 48.5 Å². The summed E-state index contributed by atoms with van der Waals surface area (Å²) in [6.07, 6.45) is 1.16. The standard InChI is InChI=1S/C36H37F2N5O5S/c1-21(22-7-4-3-5-8-22)39-19-27-31-33(45)43(25-15-17-26(44)18-16-25)36(47)42(20-28-29(37)9-6-10-30(28)38)34(31)49-32(27)23-11-13-24(14-12-23)40-35(46)41-48-2/h3-14,21,25-26,39,44H,15-20H2,1-2H3,(H2,40,41,46). The number of thiophene rings is 1. The van der Waals surface area contributed by atoms with Gasteiger partial charge in [-0.05, 0) is 73.6 Å². The molecule has 1 atom stereocenters. The Morgan fingerprint density at radius 2 is 1.63 bits per heavy atom. The SMILES string of the molecule is CONC(=O)Nc1ccc(-c2sc3c(c2CNC(C)c2ccccc2)c(=O)n(C2CCC(O)CC2)c(=O)n3Cc2c(F)cccc2F)cc1. The molecule has 49 heavy (non-hydrogen) atoms. The monoisotopic (exact) mass is 689 g/mol. The van der Waals surface area contributed by atoms with Crippen molar-refractivity contribution in [1.29, 1.82) is 0 Å². The van der Waals surface area contributed by atoms with Gasteiger partial charge in [-0.3, -0.25) is 18.8 Å². The van der Waals surface area contributed by atoms with Crippen LogP contribution in [0.2, 0.25) is 0 Å². The van der Waals surface area contributed by atoms with Crippen LogP contribution in [-0.4, -0.2) is 33.5 Å². The maximum atomic E-state index is 15.0. The van der Waals surface area contributed by atoms with Crippen LogP contribution in [0.25, 0.3) is 20.7 Å². The van der Waals surface area contributed by atoms with E-state index in [0.717, 1.165) is 17.7 Å². The van der Waals surface area contributed by atoms with Gasteiger partial charge in [0.2, 0.25) is 0 Å². The number of halogens is 2. The number of carbonyl (C=O) groups excluding carboxylic acids is 1. The van der Waals surface area contributed by atoms with Crippen molar-refractivity contribution in [3.63, 3.8) is 0 Å². The average Bonchev–Trinajstić information content (AvgIpc) is 3.48. The van der Waals surface area contributed by atoms with Crippen molar-refractivity contribution in [2.45, 2.75) is 63.9 Å². The Bertz CT molecular complexity index is 2050. The molecule has 2 aromatic heterocycles. The van der Waals surface area contributed by atoms with Crippen LogP contribution in [-0.2, 0) is 17.9 Å². The Hall–Kier alpha value is -4.69. The summed E-state index contributed by atoms with van der Waals surface area (Å²) in [7, 11) is 1.32. The van der Waals surface area contributed by atoms with Crippen molar-refractivity contribution in [2.75, 3.05) is 12.4 Å². The van der Waals surface area contributed by atoms with E-state index in [2.05, 4.69) is 21.0 Å². The first-order valence-electron chi connectivity index (χ1n) is 16.1. The zero-order chi connectivity index (χ0) is 34.7. The van der Waals surface area contributed by atoms with Crippen molar-refractivity contribution in [2.24, 2.45) is 0 Å². The first-order valence-corrected chi connectivity index (χ1v) is 16.9. The number of aliphatic hydroxyl groups is 1. The molecule has 0 bridgehead atoms. The highest BCUT2D eigenvalue weighted by molar-refractivity contribution is 7.22. The van der Waals surface area contributed by atoms with Crippen molar-refractivity contribution in [3.8, 4) is 10.4 Å². The molecule has 2 heterocycles. The summed E-state index contributed by atoms with van der Waals surface area (Å²) in [6.45, 7) is 1.83. The number of nitrogens with zero attached hydrogens (tertiary/aromatic N) is 2. The molecule has 13 heteroatoms. The smallest absolute Gasteiger partial charge is 0.343 e. The predicted molar refractivity (Wildman–Crippen MR) is 186 cm³/mol. The molecule has 4 N–H and O–H groups in total. The van der Waals surface area contributed by atoms with Crippen LogP contribution in [0.15, 0.2) is 82.4 Å². The van der Waals surface area contributed by atoms with Crippen molar-refractivity contribution in [1.82, 2.24) is 19.9 Å². The fourth-order valence-electron chi connectivity index (χ4n) is 6.38. The zero-order valence-corrected chi connectivity index (χ0v) is 27.9. The highest BCUT2D eigenvalue weighted by atomic mass is 32.1. The van der Waals surface area contributed by atoms with Crippen LogP contribution in [0.5, 0.6) is 0 Å². The molecule has 3 aromatic carbocycles. The maximum Gasteiger partial charge on any atom is 0.343 e. The highest BCUT2D eigenvalue weighted by Crippen LogP contribution is 2.39. The maximum absolute atomic E-state index is 15.0. The Kier molecular flexibility index (Phi) is 10.3. The van der Waals surface area contributed by atoms with Gasteiger partial charge in [0.15, 0.2) is 0 Å². The van der Waals surface area contributed by atoms with E-state index in [0.29, 0.717) is 52.2 Å². The van der Waals surface area contributed by atoms with E-state index in [1.807, 2.05) is 37.3 Å². The van der Waals surface area contributed by atoms with Crippen LogP contribution in [0.4, 0.5) is 19.3 Å².